The van der Waals surface area contributed by atoms with Crippen LogP contribution in [0.15, 0.2) is 35.5 Å². The van der Waals surface area contributed by atoms with E-state index in [9.17, 15) is 9.59 Å². The van der Waals surface area contributed by atoms with Crippen LogP contribution in [0.5, 0.6) is 0 Å². The Bertz CT molecular complexity index is 417. The van der Waals surface area contributed by atoms with E-state index in [0.717, 1.165) is 6.21 Å². The van der Waals surface area contributed by atoms with Gasteiger partial charge in [0.2, 0.25) is 0 Å². The first-order valence-corrected chi connectivity index (χ1v) is 4.80. The molecule has 0 aliphatic carbocycles. The topological polar surface area (TPSA) is 88.0 Å². The average molecular weight is 236 g/mol. The van der Waals surface area contributed by atoms with Crippen molar-refractivity contribution in [1.29, 1.82) is 0 Å². The summed E-state index contributed by atoms with van der Waals surface area (Å²) in [6, 6.07) is 7.24. The smallest absolute Gasteiger partial charge is 0.334 e. The Morgan fingerprint density at radius 2 is 2.06 bits per heavy atom. The third kappa shape index (κ3) is 3.60. The van der Waals surface area contributed by atoms with Crippen LogP contribution < -0.4 is 5.32 Å². The highest BCUT2D eigenvalue weighted by molar-refractivity contribution is 6.02. The van der Waals surface area contributed by atoms with Gasteiger partial charge in [-0.2, -0.15) is 0 Å². The summed E-state index contributed by atoms with van der Waals surface area (Å²) in [4.78, 5) is 22.9. The predicted molar refractivity (Wildman–Crippen MR) is 60.0 cm³/mol. The lowest BCUT2D eigenvalue weighted by Gasteiger charge is -2.11. The maximum Gasteiger partial charge on any atom is 0.334 e. The summed E-state index contributed by atoms with van der Waals surface area (Å²) in [6.45, 7) is 0. The third-order valence-corrected chi connectivity index (χ3v) is 1.99. The highest BCUT2D eigenvalue weighted by Crippen LogP contribution is 1.99. The van der Waals surface area contributed by atoms with E-state index in [4.69, 9.17) is 5.21 Å². The van der Waals surface area contributed by atoms with Crippen molar-refractivity contribution >= 4 is 18.1 Å². The van der Waals surface area contributed by atoms with Gasteiger partial charge in [0.05, 0.1) is 13.3 Å². The normalized spacial score (nSPS) is 12.1. The lowest BCUT2D eigenvalue weighted by molar-refractivity contribution is -0.140. The zero-order chi connectivity index (χ0) is 12.7. The lowest BCUT2D eigenvalue weighted by atomic mass is 10.2. The number of benzene rings is 1. The number of oxime groups is 1. The fraction of sp³-hybridized carbons (Fsp3) is 0.182. The van der Waals surface area contributed by atoms with Crippen molar-refractivity contribution in [3.63, 3.8) is 0 Å². The molecule has 0 aromatic heterocycles. The minimum atomic E-state index is -1.11. The van der Waals surface area contributed by atoms with Crippen LogP contribution in [-0.2, 0) is 9.53 Å². The van der Waals surface area contributed by atoms with Gasteiger partial charge in [0.25, 0.3) is 5.91 Å². The SMILES string of the molecule is COC(=O)C(/C=N\O)NC(=O)c1ccccc1. The van der Waals surface area contributed by atoms with Crippen LogP contribution in [0.25, 0.3) is 0 Å². The van der Waals surface area contributed by atoms with Gasteiger partial charge in [-0.05, 0) is 12.1 Å². The third-order valence-electron chi connectivity index (χ3n) is 1.99. The molecule has 1 unspecified atom stereocenters. The highest BCUT2D eigenvalue weighted by atomic mass is 16.5. The van der Waals surface area contributed by atoms with Gasteiger partial charge in [-0.1, -0.05) is 23.4 Å². The number of nitrogens with zero attached hydrogens (tertiary/aromatic N) is 1. The Hall–Kier alpha value is -2.37. The Labute approximate surface area is 97.9 Å². The molecule has 6 heteroatoms. The quantitative estimate of drug-likeness (QED) is 0.343. The second-order valence-electron chi connectivity index (χ2n) is 3.10. The average Bonchev–Trinajstić information content (AvgIpc) is 2.38. The molecule has 0 heterocycles. The molecule has 0 fully saturated rings. The molecule has 0 aliphatic rings. The largest absolute Gasteiger partial charge is 0.467 e. The van der Waals surface area contributed by atoms with Gasteiger partial charge in [-0.25, -0.2) is 4.79 Å². The zero-order valence-electron chi connectivity index (χ0n) is 9.16. The van der Waals surface area contributed by atoms with Crippen molar-refractivity contribution in [3.8, 4) is 0 Å². The van der Waals surface area contributed by atoms with Crippen molar-refractivity contribution in [2.75, 3.05) is 7.11 Å². The van der Waals surface area contributed by atoms with Crippen LogP contribution >= 0.6 is 0 Å². The van der Waals surface area contributed by atoms with E-state index in [1.165, 1.54) is 7.11 Å². The van der Waals surface area contributed by atoms with E-state index >= 15 is 0 Å². The number of methoxy groups -OCH3 is 1. The van der Waals surface area contributed by atoms with Crippen molar-refractivity contribution in [3.05, 3.63) is 35.9 Å². The van der Waals surface area contributed by atoms with Gasteiger partial charge in [0, 0.05) is 5.56 Å². The second-order valence-corrected chi connectivity index (χ2v) is 3.10. The van der Waals surface area contributed by atoms with Gasteiger partial charge in [0.1, 0.15) is 0 Å². The standard InChI is InChI=1S/C11H12N2O4/c1-17-11(15)9(7-12-16)13-10(14)8-5-3-2-4-6-8/h2-7,9,16H,1H3,(H,13,14)/b12-7-. The number of carbonyl (C=O) groups excluding carboxylic acids is 2. The van der Waals surface area contributed by atoms with Crippen molar-refractivity contribution < 1.29 is 19.5 Å². The van der Waals surface area contributed by atoms with Crippen molar-refractivity contribution in [2.24, 2.45) is 5.16 Å². The summed E-state index contributed by atoms with van der Waals surface area (Å²) in [5, 5.41) is 13.4. The van der Waals surface area contributed by atoms with Crippen molar-refractivity contribution in [2.45, 2.75) is 6.04 Å². The maximum atomic E-state index is 11.7. The molecule has 0 radical (unpaired) electrons. The molecule has 1 amide bonds. The summed E-state index contributed by atoms with van der Waals surface area (Å²) < 4.78 is 4.45. The number of nitrogens with one attached hydrogen (secondary N) is 1. The Balaban J connectivity index is 2.74. The first-order valence-electron chi connectivity index (χ1n) is 4.80. The summed E-state index contributed by atoms with van der Waals surface area (Å²) in [5.74, 6) is -1.17. The number of amides is 1. The predicted octanol–water partition coefficient (Wildman–Crippen LogP) is 0.418. The number of rotatable bonds is 4. The molecule has 0 bridgehead atoms. The van der Waals surface area contributed by atoms with Gasteiger partial charge >= 0.3 is 5.97 Å². The number of ether oxygens (including phenoxy) is 1. The van der Waals surface area contributed by atoms with Crippen LogP contribution in [0, 0.1) is 0 Å². The number of hydrogen-bond acceptors (Lipinski definition) is 5. The molecule has 1 aromatic carbocycles. The summed E-state index contributed by atoms with van der Waals surface area (Å²) >= 11 is 0. The van der Waals surface area contributed by atoms with E-state index in [1.54, 1.807) is 30.3 Å². The van der Waals surface area contributed by atoms with Crippen LogP contribution in [-0.4, -0.2) is 36.4 Å². The van der Waals surface area contributed by atoms with Crippen molar-refractivity contribution in [1.82, 2.24) is 5.32 Å². The van der Waals surface area contributed by atoms with E-state index in [0.29, 0.717) is 5.56 Å². The molecule has 0 aliphatic heterocycles. The first kappa shape index (κ1) is 12.7. The van der Waals surface area contributed by atoms with E-state index in [2.05, 4.69) is 15.2 Å². The van der Waals surface area contributed by atoms with E-state index in [1.807, 2.05) is 0 Å². The molecular weight excluding hydrogens is 224 g/mol. The molecule has 90 valence electrons. The number of hydrogen-bond donors (Lipinski definition) is 2. The van der Waals surface area contributed by atoms with Crippen LogP contribution in [0.2, 0.25) is 0 Å². The Morgan fingerprint density at radius 3 is 2.59 bits per heavy atom. The van der Waals surface area contributed by atoms with Crippen LogP contribution in [0.3, 0.4) is 0 Å². The zero-order valence-corrected chi connectivity index (χ0v) is 9.16. The fourth-order valence-electron chi connectivity index (χ4n) is 1.16. The molecular formula is C11H12N2O4. The molecule has 0 spiro atoms. The molecule has 17 heavy (non-hydrogen) atoms. The monoisotopic (exact) mass is 236 g/mol. The van der Waals surface area contributed by atoms with Crippen LogP contribution in [0.4, 0.5) is 0 Å². The summed E-state index contributed by atoms with van der Waals surface area (Å²) in [6.07, 6.45) is 0.882. The first-order chi connectivity index (χ1) is 8.19. The molecule has 0 saturated carbocycles. The van der Waals surface area contributed by atoms with E-state index in [-0.39, 0.29) is 0 Å². The Morgan fingerprint density at radius 1 is 1.41 bits per heavy atom. The molecule has 2 N–H and O–H groups in total. The lowest BCUT2D eigenvalue weighted by Crippen LogP contribution is -2.42. The number of esters is 1. The minimum absolute atomic E-state index is 0.396. The molecule has 0 saturated heterocycles. The minimum Gasteiger partial charge on any atom is -0.467 e. The fourth-order valence-corrected chi connectivity index (χ4v) is 1.16. The van der Waals surface area contributed by atoms with Gasteiger partial charge < -0.3 is 15.3 Å². The number of carbonyl (C=O) groups is 2. The molecule has 1 rings (SSSR count). The Kier molecular flexibility index (Phi) is 4.68. The molecule has 6 nitrogen and oxygen atoms in total. The summed E-state index contributed by atoms with van der Waals surface area (Å²) in [5.41, 5.74) is 0.396. The summed E-state index contributed by atoms with van der Waals surface area (Å²) in [7, 11) is 1.18. The molecule has 1 atom stereocenters. The van der Waals surface area contributed by atoms with E-state index < -0.39 is 17.9 Å². The maximum absolute atomic E-state index is 11.7. The second kappa shape index (κ2) is 6.26. The van der Waals surface area contributed by atoms with Gasteiger partial charge in [0.15, 0.2) is 6.04 Å². The van der Waals surface area contributed by atoms with Gasteiger partial charge in [-0.3, -0.25) is 4.79 Å². The van der Waals surface area contributed by atoms with Gasteiger partial charge in [-0.15, -0.1) is 0 Å². The highest BCUT2D eigenvalue weighted by Gasteiger charge is 2.20. The van der Waals surface area contributed by atoms with Crippen LogP contribution in [0.1, 0.15) is 10.4 Å². The molecule has 1 aromatic rings.